The van der Waals surface area contributed by atoms with Gasteiger partial charge in [0.05, 0.1) is 30.8 Å². The van der Waals surface area contributed by atoms with Crippen LogP contribution < -0.4 is 4.90 Å². The summed E-state index contributed by atoms with van der Waals surface area (Å²) in [6.07, 6.45) is 8.79. The Morgan fingerprint density at radius 3 is 2.49 bits per heavy atom. The molecule has 9 heteroatoms. The van der Waals surface area contributed by atoms with Gasteiger partial charge in [0.15, 0.2) is 0 Å². The molecule has 0 radical (unpaired) electrons. The molecule has 1 N–H and O–H groups in total. The molecular weight excluding hydrogens is 496 g/mol. The van der Waals surface area contributed by atoms with Crippen LogP contribution in [0.4, 0.5) is 5.69 Å². The molecule has 0 saturated carbocycles. The molecule has 6 atom stereocenters. The van der Waals surface area contributed by atoms with Gasteiger partial charge in [-0.25, -0.2) is 0 Å². The van der Waals surface area contributed by atoms with Crippen LogP contribution in [0, 0.1) is 17.8 Å². The number of carbonyl (C=O) groups is 3. The molecule has 37 heavy (non-hydrogen) atoms. The van der Waals surface area contributed by atoms with Gasteiger partial charge in [-0.15, -0.1) is 0 Å². The van der Waals surface area contributed by atoms with Crippen molar-refractivity contribution in [2.45, 2.75) is 56.9 Å². The molecule has 0 aliphatic carbocycles. The average molecular weight is 529 g/mol. The molecule has 4 aliphatic heterocycles. The van der Waals surface area contributed by atoms with Crippen LogP contribution in [0.3, 0.4) is 0 Å². The largest absolute Gasteiger partial charge is 0.465 e. The van der Waals surface area contributed by atoms with E-state index in [2.05, 4.69) is 0 Å². The van der Waals surface area contributed by atoms with Gasteiger partial charge < -0.3 is 24.4 Å². The van der Waals surface area contributed by atoms with Crippen molar-refractivity contribution in [2.75, 3.05) is 24.7 Å². The first-order valence-corrected chi connectivity index (χ1v) is 13.2. The number of nitrogens with zero attached hydrogens (tertiary/aromatic N) is 2. The lowest BCUT2D eigenvalue weighted by atomic mass is 9.74. The lowest BCUT2D eigenvalue weighted by molar-refractivity contribution is -0.160. The number of halogens is 1. The number of anilines is 1. The Bertz CT molecular complexity index is 1150. The fourth-order valence-electron chi connectivity index (χ4n) is 6.40. The smallest absolute Gasteiger partial charge is 0.313 e. The molecular formula is C28H33ClN2O6. The highest BCUT2D eigenvalue weighted by molar-refractivity contribution is 6.30. The van der Waals surface area contributed by atoms with Crippen LogP contribution in [0.2, 0.25) is 5.02 Å². The lowest BCUT2D eigenvalue weighted by Crippen LogP contribution is -2.59. The Morgan fingerprint density at radius 2 is 1.81 bits per heavy atom. The van der Waals surface area contributed by atoms with Crippen LogP contribution >= 0.6 is 11.6 Å². The van der Waals surface area contributed by atoms with E-state index in [9.17, 15) is 19.5 Å². The molecule has 2 saturated heterocycles. The number of allylic oxidation sites excluding steroid dienone is 1. The van der Waals surface area contributed by atoms with Gasteiger partial charge in [0.2, 0.25) is 5.91 Å². The van der Waals surface area contributed by atoms with Crippen LogP contribution in [0.5, 0.6) is 0 Å². The molecule has 1 unspecified atom stereocenters. The van der Waals surface area contributed by atoms with Crippen LogP contribution in [0.15, 0.2) is 48.6 Å². The highest BCUT2D eigenvalue weighted by atomic mass is 35.5. The fourth-order valence-corrected chi connectivity index (χ4v) is 6.53. The van der Waals surface area contributed by atoms with Gasteiger partial charge in [0, 0.05) is 17.3 Å². The number of benzene rings is 1. The van der Waals surface area contributed by atoms with E-state index in [-0.39, 0.29) is 37.5 Å². The van der Waals surface area contributed by atoms with E-state index in [1.54, 1.807) is 42.2 Å². The standard InChI is InChI=1S/C28H33ClN2O6/c1-17(2)20(16-32)31-23-25(34)30(19-10-8-18(29)9-11-19)14-7-13-28(23)21(24(31)33)22-26(35)36-15-6-4-5-12-27(22,3)37-28/h5,7-13,17,20-23,32H,4,6,14-16H2,1-3H3/b12-5-/t20-,21-,22-,23?,27+,28-/m0/s1. The number of ether oxygens (including phenoxy) is 2. The van der Waals surface area contributed by atoms with E-state index in [0.29, 0.717) is 23.6 Å². The topological polar surface area (TPSA) is 96.4 Å². The van der Waals surface area contributed by atoms with Crippen molar-refractivity contribution in [3.05, 3.63) is 53.6 Å². The van der Waals surface area contributed by atoms with Crippen LogP contribution in [-0.4, -0.2) is 70.8 Å². The highest BCUT2D eigenvalue weighted by Gasteiger charge is 2.75. The Morgan fingerprint density at radius 1 is 1.08 bits per heavy atom. The first kappa shape index (κ1) is 25.9. The maximum Gasteiger partial charge on any atom is 0.313 e. The monoisotopic (exact) mass is 528 g/mol. The normalized spacial score (nSPS) is 35.2. The van der Waals surface area contributed by atoms with E-state index >= 15 is 0 Å². The minimum absolute atomic E-state index is 0.146. The van der Waals surface area contributed by atoms with Gasteiger partial charge >= 0.3 is 5.97 Å². The summed E-state index contributed by atoms with van der Waals surface area (Å²) < 4.78 is 12.4. The zero-order chi connectivity index (χ0) is 26.5. The van der Waals surface area contributed by atoms with E-state index in [4.69, 9.17) is 21.1 Å². The number of carbonyl (C=O) groups excluding carboxylic acids is 3. The summed E-state index contributed by atoms with van der Waals surface area (Å²) in [4.78, 5) is 45.2. The van der Waals surface area contributed by atoms with Crippen molar-refractivity contribution in [1.29, 1.82) is 0 Å². The van der Waals surface area contributed by atoms with E-state index < -0.39 is 41.1 Å². The Balaban J connectivity index is 1.69. The average Bonchev–Trinajstić information content (AvgIpc) is 3.20. The molecule has 198 valence electrons. The molecule has 5 rings (SSSR count). The highest BCUT2D eigenvalue weighted by Crippen LogP contribution is 2.57. The predicted molar refractivity (Wildman–Crippen MR) is 138 cm³/mol. The number of amides is 2. The summed E-state index contributed by atoms with van der Waals surface area (Å²) in [6, 6.07) is 5.21. The quantitative estimate of drug-likeness (QED) is 0.476. The number of rotatable bonds is 4. The summed E-state index contributed by atoms with van der Waals surface area (Å²) in [6.45, 7) is 5.75. The number of aliphatic hydroxyl groups excluding tert-OH is 1. The number of aliphatic hydroxyl groups is 1. The number of fused-ring (bicyclic) bond motifs is 2. The molecule has 0 aromatic heterocycles. The van der Waals surface area contributed by atoms with Crippen LogP contribution in [0.25, 0.3) is 0 Å². The molecule has 1 aromatic rings. The first-order chi connectivity index (χ1) is 17.6. The number of cyclic esters (lactones) is 1. The number of hydrogen-bond donors (Lipinski definition) is 1. The Kier molecular flexibility index (Phi) is 6.71. The van der Waals surface area contributed by atoms with Crippen molar-refractivity contribution in [3.8, 4) is 0 Å². The number of hydrogen-bond acceptors (Lipinski definition) is 6. The minimum Gasteiger partial charge on any atom is -0.465 e. The van der Waals surface area contributed by atoms with E-state index in [0.717, 1.165) is 0 Å². The maximum atomic E-state index is 14.4. The predicted octanol–water partition coefficient (Wildman–Crippen LogP) is 3.12. The summed E-state index contributed by atoms with van der Waals surface area (Å²) in [5, 5.41) is 10.9. The van der Waals surface area contributed by atoms with E-state index in [1.807, 2.05) is 32.1 Å². The van der Waals surface area contributed by atoms with Gasteiger partial charge in [-0.3, -0.25) is 14.4 Å². The third-order valence-electron chi connectivity index (χ3n) is 8.14. The van der Waals surface area contributed by atoms with Gasteiger partial charge in [-0.2, -0.15) is 0 Å². The molecule has 2 fully saturated rings. The molecule has 1 spiro atoms. The molecule has 8 nitrogen and oxygen atoms in total. The van der Waals surface area contributed by atoms with Crippen LogP contribution in [0.1, 0.15) is 33.6 Å². The van der Waals surface area contributed by atoms with Crippen molar-refractivity contribution in [3.63, 3.8) is 0 Å². The summed E-state index contributed by atoms with van der Waals surface area (Å²) >= 11 is 6.09. The third-order valence-corrected chi connectivity index (χ3v) is 8.39. The van der Waals surface area contributed by atoms with Gasteiger partial charge in [0.25, 0.3) is 5.91 Å². The zero-order valence-electron chi connectivity index (χ0n) is 21.3. The van der Waals surface area contributed by atoms with Gasteiger partial charge in [0.1, 0.15) is 17.6 Å². The van der Waals surface area contributed by atoms with Crippen molar-refractivity contribution < 1.29 is 29.0 Å². The van der Waals surface area contributed by atoms with E-state index in [1.165, 1.54) is 4.90 Å². The van der Waals surface area contributed by atoms with Crippen molar-refractivity contribution in [2.24, 2.45) is 17.8 Å². The first-order valence-electron chi connectivity index (χ1n) is 12.9. The summed E-state index contributed by atoms with van der Waals surface area (Å²) in [5.74, 6) is -3.28. The second-order valence-corrected chi connectivity index (χ2v) is 11.2. The number of likely N-dealkylation sites (tertiary alicyclic amines) is 1. The fraction of sp³-hybridized carbons (Fsp3) is 0.536. The Hall–Kier alpha value is -2.68. The minimum atomic E-state index is -1.40. The molecule has 2 amide bonds. The molecule has 0 bridgehead atoms. The number of esters is 1. The summed E-state index contributed by atoms with van der Waals surface area (Å²) in [7, 11) is 0. The molecule has 4 heterocycles. The SMILES string of the molecule is CC(C)[C@H](CO)N1C(=O)[C@@H]2[C@H]3C(=O)OCCC/C=C\[C@@]3(C)O[C@@]23C=CCN(c2ccc(Cl)cc2)C(=O)C13. The van der Waals surface area contributed by atoms with Gasteiger partial charge in [-0.05, 0) is 49.9 Å². The third kappa shape index (κ3) is 4.01. The Labute approximate surface area is 221 Å². The van der Waals surface area contributed by atoms with Crippen LogP contribution in [-0.2, 0) is 23.9 Å². The van der Waals surface area contributed by atoms with Crippen molar-refractivity contribution >= 4 is 35.1 Å². The molecule has 1 aromatic carbocycles. The lowest BCUT2D eigenvalue weighted by Gasteiger charge is -2.41. The second-order valence-electron chi connectivity index (χ2n) is 10.8. The van der Waals surface area contributed by atoms with Gasteiger partial charge in [-0.1, -0.05) is 49.8 Å². The summed E-state index contributed by atoms with van der Waals surface area (Å²) in [5.41, 5.74) is -1.92. The zero-order valence-corrected chi connectivity index (χ0v) is 22.1. The second kappa shape index (κ2) is 9.57. The maximum absolute atomic E-state index is 14.4. The van der Waals surface area contributed by atoms with Crippen molar-refractivity contribution in [1.82, 2.24) is 4.90 Å². The molecule has 4 aliphatic rings.